The van der Waals surface area contributed by atoms with Crippen molar-refractivity contribution in [3.8, 4) is 0 Å². The third kappa shape index (κ3) is 2.85. The number of nitrogens with one attached hydrogen (secondary N) is 1. The first-order valence-electron chi connectivity index (χ1n) is 5.21. The molecule has 2 N–H and O–H groups in total. The van der Waals surface area contributed by atoms with Gasteiger partial charge >= 0.3 is 6.18 Å². The lowest BCUT2D eigenvalue weighted by atomic mass is 10.1. The van der Waals surface area contributed by atoms with Crippen LogP contribution in [0.3, 0.4) is 0 Å². The van der Waals surface area contributed by atoms with Gasteiger partial charge in [0.1, 0.15) is 5.82 Å². The van der Waals surface area contributed by atoms with E-state index in [0.29, 0.717) is 6.54 Å². The van der Waals surface area contributed by atoms with Gasteiger partial charge in [-0.1, -0.05) is 0 Å². The van der Waals surface area contributed by atoms with E-state index < -0.39 is 11.9 Å². The number of alkyl halides is 3. The lowest BCUT2D eigenvalue weighted by molar-refractivity contribution is -0.141. The highest BCUT2D eigenvalue weighted by Crippen LogP contribution is 2.44. The van der Waals surface area contributed by atoms with E-state index in [9.17, 15) is 13.2 Å². The zero-order valence-corrected chi connectivity index (χ0v) is 8.96. The first-order chi connectivity index (χ1) is 7.95. The van der Waals surface area contributed by atoms with Crippen LogP contribution in [0.25, 0.3) is 0 Å². The maximum absolute atomic E-state index is 12.2. The van der Waals surface area contributed by atoms with E-state index in [1.54, 1.807) is 0 Å². The largest absolute Gasteiger partial charge is 0.435 e. The summed E-state index contributed by atoms with van der Waals surface area (Å²) < 4.78 is 36.6. The van der Waals surface area contributed by atoms with E-state index in [4.69, 9.17) is 5.11 Å². The van der Waals surface area contributed by atoms with Gasteiger partial charge in [-0.25, -0.2) is 0 Å². The molecule has 1 fully saturated rings. The van der Waals surface area contributed by atoms with Gasteiger partial charge in [0, 0.05) is 12.0 Å². The summed E-state index contributed by atoms with van der Waals surface area (Å²) in [6, 6.07) is 2.12. The molecule has 17 heavy (non-hydrogen) atoms. The standard InChI is InChI=1S/C10H12F3N3O/c11-10(12,13)7-1-2-8(16-15-7)14-5-9(6-17)3-4-9/h1-2,17H,3-6H2,(H,14,16). The zero-order valence-electron chi connectivity index (χ0n) is 8.96. The molecule has 2 rings (SSSR count). The van der Waals surface area contributed by atoms with Crippen LogP contribution in [0.1, 0.15) is 18.5 Å². The molecule has 1 aromatic rings. The molecule has 0 atom stereocenters. The van der Waals surface area contributed by atoms with Gasteiger partial charge in [0.15, 0.2) is 5.69 Å². The molecule has 7 heteroatoms. The smallest absolute Gasteiger partial charge is 0.396 e. The Hall–Kier alpha value is -1.37. The summed E-state index contributed by atoms with van der Waals surface area (Å²) >= 11 is 0. The quantitative estimate of drug-likeness (QED) is 0.849. The van der Waals surface area contributed by atoms with Crippen LogP contribution in [-0.4, -0.2) is 28.5 Å². The van der Waals surface area contributed by atoms with Gasteiger partial charge in [-0.15, -0.1) is 10.2 Å². The Morgan fingerprint density at radius 1 is 1.29 bits per heavy atom. The Labute approximate surface area is 95.9 Å². The predicted molar refractivity (Wildman–Crippen MR) is 54.3 cm³/mol. The molecule has 0 amide bonds. The van der Waals surface area contributed by atoms with Crippen LogP contribution in [0.2, 0.25) is 0 Å². The Bertz CT molecular complexity index is 387. The van der Waals surface area contributed by atoms with Crippen molar-refractivity contribution in [3.05, 3.63) is 17.8 Å². The van der Waals surface area contributed by atoms with Crippen LogP contribution in [0.4, 0.5) is 19.0 Å². The van der Waals surface area contributed by atoms with Gasteiger partial charge in [0.25, 0.3) is 0 Å². The van der Waals surface area contributed by atoms with Crippen LogP contribution < -0.4 is 5.32 Å². The minimum absolute atomic E-state index is 0.0774. The van der Waals surface area contributed by atoms with Crippen LogP contribution in [0.5, 0.6) is 0 Å². The average Bonchev–Trinajstić information content (AvgIpc) is 3.06. The van der Waals surface area contributed by atoms with Crippen molar-refractivity contribution in [3.63, 3.8) is 0 Å². The Kier molecular flexibility index (Phi) is 2.94. The number of aliphatic hydroxyl groups excluding tert-OH is 1. The first-order valence-corrected chi connectivity index (χ1v) is 5.21. The molecule has 1 saturated carbocycles. The highest BCUT2D eigenvalue weighted by molar-refractivity contribution is 5.34. The second-order valence-corrected chi connectivity index (χ2v) is 4.31. The third-order valence-corrected chi connectivity index (χ3v) is 2.89. The summed E-state index contributed by atoms with van der Waals surface area (Å²) in [6.45, 7) is 0.581. The van der Waals surface area contributed by atoms with Gasteiger partial charge in [-0.3, -0.25) is 0 Å². The third-order valence-electron chi connectivity index (χ3n) is 2.89. The fourth-order valence-electron chi connectivity index (χ4n) is 1.42. The monoisotopic (exact) mass is 247 g/mol. The number of anilines is 1. The van der Waals surface area contributed by atoms with Gasteiger partial charge in [-0.05, 0) is 25.0 Å². The van der Waals surface area contributed by atoms with Crippen LogP contribution in [0.15, 0.2) is 12.1 Å². The summed E-state index contributed by atoms with van der Waals surface area (Å²) in [5, 5.41) is 18.5. The van der Waals surface area contributed by atoms with Crippen LogP contribution >= 0.6 is 0 Å². The number of hydrogen-bond donors (Lipinski definition) is 2. The molecule has 0 radical (unpaired) electrons. The van der Waals surface area contributed by atoms with Crippen molar-refractivity contribution in [1.82, 2.24) is 10.2 Å². The summed E-state index contributed by atoms with van der Waals surface area (Å²) in [6.07, 6.45) is -2.62. The molecular formula is C10H12F3N3O. The van der Waals surface area contributed by atoms with Crippen molar-refractivity contribution in [1.29, 1.82) is 0 Å². The van der Waals surface area contributed by atoms with E-state index in [2.05, 4.69) is 15.5 Å². The molecule has 0 aliphatic heterocycles. The van der Waals surface area contributed by atoms with Crippen molar-refractivity contribution < 1.29 is 18.3 Å². The molecule has 0 unspecified atom stereocenters. The molecule has 0 aromatic carbocycles. The van der Waals surface area contributed by atoms with E-state index in [0.717, 1.165) is 18.9 Å². The second kappa shape index (κ2) is 4.14. The fourth-order valence-corrected chi connectivity index (χ4v) is 1.42. The van der Waals surface area contributed by atoms with Crippen molar-refractivity contribution in [2.45, 2.75) is 19.0 Å². The van der Waals surface area contributed by atoms with E-state index in [-0.39, 0.29) is 17.8 Å². The van der Waals surface area contributed by atoms with E-state index in [1.807, 2.05) is 0 Å². The minimum atomic E-state index is -4.46. The number of aliphatic hydroxyl groups is 1. The highest BCUT2D eigenvalue weighted by atomic mass is 19.4. The summed E-state index contributed by atoms with van der Waals surface area (Å²) in [5.74, 6) is 0.290. The summed E-state index contributed by atoms with van der Waals surface area (Å²) in [4.78, 5) is 0. The molecule has 1 aliphatic carbocycles. The predicted octanol–water partition coefficient (Wildman–Crippen LogP) is 1.68. The van der Waals surface area contributed by atoms with Crippen molar-refractivity contribution >= 4 is 5.82 Å². The first kappa shape index (κ1) is 12.1. The molecule has 1 heterocycles. The highest BCUT2D eigenvalue weighted by Gasteiger charge is 2.41. The SMILES string of the molecule is OCC1(CNc2ccc(C(F)(F)F)nn2)CC1. The number of aromatic nitrogens is 2. The maximum Gasteiger partial charge on any atom is 0.435 e. The zero-order chi connectivity index (χ0) is 12.5. The lowest BCUT2D eigenvalue weighted by Gasteiger charge is -2.13. The molecule has 0 spiro atoms. The van der Waals surface area contributed by atoms with Crippen LogP contribution in [0, 0.1) is 5.41 Å². The van der Waals surface area contributed by atoms with Crippen molar-refractivity contribution in [2.24, 2.45) is 5.41 Å². The number of nitrogens with zero attached hydrogens (tertiary/aromatic N) is 2. The number of hydrogen-bond acceptors (Lipinski definition) is 4. The average molecular weight is 247 g/mol. The van der Waals surface area contributed by atoms with Gasteiger partial charge in [0.05, 0.1) is 6.61 Å². The minimum Gasteiger partial charge on any atom is -0.396 e. The topological polar surface area (TPSA) is 58.0 Å². The lowest BCUT2D eigenvalue weighted by Crippen LogP contribution is -2.20. The number of halogens is 3. The summed E-state index contributed by atoms with van der Waals surface area (Å²) in [7, 11) is 0. The van der Waals surface area contributed by atoms with Crippen molar-refractivity contribution in [2.75, 3.05) is 18.5 Å². The molecule has 1 aromatic heterocycles. The normalized spacial score (nSPS) is 17.9. The second-order valence-electron chi connectivity index (χ2n) is 4.31. The van der Waals surface area contributed by atoms with E-state index >= 15 is 0 Å². The molecule has 94 valence electrons. The molecule has 0 saturated heterocycles. The maximum atomic E-state index is 12.2. The van der Waals surface area contributed by atoms with Crippen LogP contribution in [-0.2, 0) is 6.18 Å². The number of rotatable bonds is 4. The molecule has 0 bridgehead atoms. The van der Waals surface area contributed by atoms with Gasteiger partial charge in [-0.2, -0.15) is 13.2 Å². The molecule has 1 aliphatic rings. The Balaban J connectivity index is 1.94. The van der Waals surface area contributed by atoms with Gasteiger partial charge < -0.3 is 10.4 Å². The summed E-state index contributed by atoms with van der Waals surface area (Å²) in [5.41, 5.74) is -1.13. The Morgan fingerprint density at radius 3 is 2.41 bits per heavy atom. The van der Waals surface area contributed by atoms with E-state index in [1.165, 1.54) is 6.07 Å². The Morgan fingerprint density at radius 2 is 2.00 bits per heavy atom. The van der Waals surface area contributed by atoms with Gasteiger partial charge in [0.2, 0.25) is 0 Å². The molecular weight excluding hydrogens is 235 g/mol. The fraction of sp³-hybridized carbons (Fsp3) is 0.600. The molecule has 4 nitrogen and oxygen atoms in total.